The van der Waals surface area contributed by atoms with Gasteiger partial charge in [0.1, 0.15) is 4.91 Å². The maximum atomic E-state index is 13.3. The Morgan fingerprint density at radius 1 is 1.00 bits per heavy atom. The number of carbonyl (C=O) groups excluding carboxylic acids is 2. The quantitative estimate of drug-likeness (QED) is 0.741. The van der Waals surface area contributed by atoms with E-state index in [0.717, 1.165) is 41.1 Å². The Morgan fingerprint density at radius 3 is 2.28 bits per heavy atom. The summed E-state index contributed by atoms with van der Waals surface area (Å²) >= 11 is 0. The Kier molecular flexibility index (Phi) is 5.95. The van der Waals surface area contributed by atoms with Gasteiger partial charge in [0, 0.05) is 17.2 Å². The highest BCUT2D eigenvalue weighted by atomic mass is 32.2. The lowest BCUT2D eigenvalue weighted by Gasteiger charge is -2.17. The van der Waals surface area contributed by atoms with E-state index in [0.29, 0.717) is 16.7 Å². The van der Waals surface area contributed by atoms with Gasteiger partial charge in [0.2, 0.25) is 0 Å². The number of nitrogens with zero attached hydrogens (tertiary/aromatic N) is 1. The van der Waals surface area contributed by atoms with Crippen molar-refractivity contribution in [2.45, 2.75) is 59.0 Å². The van der Waals surface area contributed by atoms with E-state index >= 15 is 0 Å². The Morgan fingerprint density at radius 2 is 1.66 bits per heavy atom. The first-order chi connectivity index (χ1) is 15.2. The third-order valence-electron chi connectivity index (χ3n) is 6.44. The highest BCUT2D eigenvalue weighted by Crippen LogP contribution is 2.37. The second-order valence-electron chi connectivity index (χ2n) is 8.72. The van der Waals surface area contributed by atoms with Crippen molar-refractivity contribution in [3.05, 3.63) is 75.9 Å². The predicted molar refractivity (Wildman–Crippen MR) is 124 cm³/mol. The van der Waals surface area contributed by atoms with Crippen LogP contribution < -0.4 is 5.32 Å². The first-order valence-electron chi connectivity index (χ1n) is 10.9. The van der Waals surface area contributed by atoms with Crippen molar-refractivity contribution in [2.75, 3.05) is 0 Å². The highest BCUT2D eigenvalue weighted by molar-refractivity contribution is 7.99. The molecule has 2 aliphatic rings. The molecule has 0 atom stereocenters. The smallest absolute Gasteiger partial charge is 0.268 e. The molecule has 4 rings (SSSR count). The number of aryl methyl sites for hydroxylation is 2. The van der Waals surface area contributed by atoms with Crippen LogP contribution in [0.15, 0.2) is 48.0 Å². The summed E-state index contributed by atoms with van der Waals surface area (Å²) in [5, 5.41) is 3.04. The average Bonchev–Trinajstić information content (AvgIpc) is 3.32. The number of carbonyl (C=O) groups is 2. The number of nitrogens with one attached hydrogen (secondary N) is 1. The second-order valence-corrected chi connectivity index (χ2v) is 10.5. The van der Waals surface area contributed by atoms with E-state index in [-0.39, 0.29) is 29.0 Å². The number of amides is 2. The molecule has 0 spiro atoms. The number of rotatable bonds is 5. The Bertz CT molecular complexity index is 1210. The first kappa shape index (κ1) is 22.3. The molecule has 168 valence electrons. The summed E-state index contributed by atoms with van der Waals surface area (Å²) < 4.78 is 27.5. The molecule has 0 unspecified atom stereocenters. The van der Waals surface area contributed by atoms with Gasteiger partial charge in [-0.25, -0.2) is 12.7 Å². The SMILES string of the molecule is CC1=C(c2ccc(C)c(C)c2)S(=O)(=O)N(Cc2ccc(C(=O)NC3CCCC3)cc2)C1=O. The standard InChI is InChI=1S/C25H28N2O4S/c1-16-8-11-21(14-17(16)2)23-18(3)25(29)27(32(23,30)31)15-19-9-12-20(13-10-19)24(28)26-22-6-4-5-7-22/h8-14,22H,4-7,15H2,1-3H3,(H,26,28). The molecular weight excluding hydrogens is 424 g/mol. The Balaban J connectivity index is 1.53. The van der Waals surface area contributed by atoms with Gasteiger partial charge in [-0.2, -0.15) is 0 Å². The fourth-order valence-corrected chi connectivity index (χ4v) is 6.16. The normalized spacial score (nSPS) is 18.5. The molecule has 1 N–H and O–H groups in total. The van der Waals surface area contributed by atoms with Crippen LogP contribution >= 0.6 is 0 Å². The molecule has 1 aliphatic carbocycles. The number of hydrogen-bond donors (Lipinski definition) is 1. The summed E-state index contributed by atoms with van der Waals surface area (Å²) in [7, 11) is -3.97. The fraction of sp³-hybridized carbons (Fsp3) is 0.360. The summed E-state index contributed by atoms with van der Waals surface area (Å²) in [6, 6.07) is 12.4. The van der Waals surface area contributed by atoms with E-state index in [2.05, 4.69) is 5.32 Å². The third kappa shape index (κ3) is 4.09. The van der Waals surface area contributed by atoms with E-state index in [1.165, 1.54) is 0 Å². The zero-order valence-corrected chi connectivity index (χ0v) is 19.5. The highest BCUT2D eigenvalue weighted by Gasteiger charge is 2.42. The van der Waals surface area contributed by atoms with Gasteiger partial charge in [-0.3, -0.25) is 9.59 Å². The van der Waals surface area contributed by atoms with Crippen LogP contribution in [0, 0.1) is 13.8 Å². The van der Waals surface area contributed by atoms with Crippen molar-refractivity contribution in [2.24, 2.45) is 0 Å². The number of benzene rings is 2. The Hall–Kier alpha value is -2.93. The van der Waals surface area contributed by atoms with Gasteiger partial charge in [-0.05, 0) is 68.0 Å². The van der Waals surface area contributed by atoms with Crippen molar-refractivity contribution in [1.82, 2.24) is 9.62 Å². The molecule has 2 amide bonds. The summed E-state index contributed by atoms with van der Waals surface area (Å²) in [5.74, 6) is -0.635. The van der Waals surface area contributed by atoms with Gasteiger partial charge in [0.05, 0.1) is 6.54 Å². The fourth-order valence-electron chi connectivity index (χ4n) is 4.37. The van der Waals surface area contributed by atoms with Crippen LogP contribution in [0.5, 0.6) is 0 Å². The average molecular weight is 453 g/mol. The Labute approximate surface area is 189 Å². The topological polar surface area (TPSA) is 83.6 Å². The molecule has 1 saturated carbocycles. The van der Waals surface area contributed by atoms with Gasteiger partial charge in [0.25, 0.3) is 21.8 Å². The molecule has 2 aromatic carbocycles. The lowest BCUT2D eigenvalue weighted by Crippen LogP contribution is -2.32. The van der Waals surface area contributed by atoms with Crippen LogP contribution in [0.4, 0.5) is 0 Å². The van der Waals surface area contributed by atoms with Crippen molar-refractivity contribution >= 4 is 26.7 Å². The maximum Gasteiger partial charge on any atom is 0.268 e. The number of sulfonamides is 1. The van der Waals surface area contributed by atoms with E-state index in [4.69, 9.17) is 0 Å². The van der Waals surface area contributed by atoms with Gasteiger partial charge in [-0.15, -0.1) is 0 Å². The molecule has 1 heterocycles. The molecule has 0 saturated heterocycles. The summed E-state index contributed by atoms with van der Waals surface area (Å²) in [5.41, 5.74) is 3.95. The van der Waals surface area contributed by atoms with Crippen molar-refractivity contribution in [3.8, 4) is 0 Å². The van der Waals surface area contributed by atoms with E-state index < -0.39 is 15.9 Å². The van der Waals surface area contributed by atoms with Crippen LogP contribution in [0.25, 0.3) is 4.91 Å². The lowest BCUT2D eigenvalue weighted by atomic mass is 10.0. The second kappa shape index (κ2) is 8.54. The van der Waals surface area contributed by atoms with Gasteiger partial charge >= 0.3 is 0 Å². The minimum atomic E-state index is -3.97. The molecule has 1 fully saturated rings. The van der Waals surface area contributed by atoms with Crippen LogP contribution in [0.2, 0.25) is 0 Å². The molecule has 2 aromatic rings. The molecule has 1 aliphatic heterocycles. The molecule has 7 heteroatoms. The van der Waals surface area contributed by atoms with E-state index in [9.17, 15) is 18.0 Å². The van der Waals surface area contributed by atoms with Gasteiger partial charge < -0.3 is 5.32 Å². The van der Waals surface area contributed by atoms with Gasteiger partial charge in [-0.1, -0.05) is 43.2 Å². The molecular formula is C25H28N2O4S. The minimum Gasteiger partial charge on any atom is -0.349 e. The zero-order valence-electron chi connectivity index (χ0n) is 18.6. The minimum absolute atomic E-state index is 0.0677. The predicted octanol–water partition coefficient (Wildman–Crippen LogP) is 4.08. The van der Waals surface area contributed by atoms with Crippen molar-refractivity contribution in [1.29, 1.82) is 0 Å². The van der Waals surface area contributed by atoms with Crippen molar-refractivity contribution in [3.63, 3.8) is 0 Å². The molecule has 0 aromatic heterocycles. The zero-order chi connectivity index (χ0) is 23.0. The van der Waals surface area contributed by atoms with E-state index in [1.807, 2.05) is 19.9 Å². The summed E-state index contributed by atoms with van der Waals surface area (Å²) in [6.45, 7) is 5.36. The number of hydrogen-bond acceptors (Lipinski definition) is 4. The van der Waals surface area contributed by atoms with E-state index in [1.54, 1.807) is 43.3 Å². The summed E-state index contributed by atoms with van der Waals surface area (Å²) in [4.78, 5) is 25.3. The van der Waals surface area contributed by atoms with Crippen molar-refractivity contribution < 1.29 is 18.0 Å². The monoisotopic (exact) mass is 452 g/mol. The molecule has 0 radical (unpaired) electrons. The van der Waals surface area contributed by atoms with Crippen LogP contribution in [-0.2, 0) is 21.4 Å². The van der Waals surface area contributed by atoms with Crippen LogP contribution in [0.3, 0.4) is 0 Å². The molecule has 6 nitrogen and oxygen atoms in total. The molecule has 32 heavy (non-hydrogen) atoms. The van der Waals surface area contributed by atoms with Crippen LogP contribution in [-0.4, -0.2) is 30.6 Å². The lowest BCUT2D eigenvalue weighted by molar-refractivity contribution is -0.122. The van der Waals surface area contributed by atoms with Gasteiger partial charge in [0.15, 0.2) is 0 Å². The summed E-state index contributed by atoms with van der Waals surface area (Å²) in [6.07, 6.45) is 4.29. The van der Waals surface area contributed by atoms with Crippen LogP contribution in [0.1, 0.15) is 65.2 Å². The maximum absolute atomic E-state index is 13.3. The molecule has 0 bridgehead atoms. The first-order valence-corrected chi connectivity index (χ1v) is 12.4. The largest absolute Gasteiger partial charge is 0.349 e. The third-order valence-corrected chi connectivity index (χ3v) is 8.37.